The Morgan fingerprint density at radius 1 is 1.17 bits per heavy atom. The van der Waals surface area contributed by atoms with Gasteiger partial charge < -0.3 is 10.5 Å². The van der Waals surface area contributed by atoms with E-state index in [1.165, 1.54) is 19.2 Å². The molecular weight excluding hydrogens is 281 g/mol. The first-order chi connectivity index (χ1) is 7.70. The number of hydrogen-bond donors (Lipinski definition) is 1. The van der Waals surface area contributed by atoms with Gasteiger partial charge in [-0.2, -0.15) is 22.0 Å². The summed E-state index contributed by atoms with van der Waals surface area (Å²) < 4.78 is 66.9. The van der Waals surface area contributed by atoms with Gasteiger partial charge in [-0.1, -0.05) is 12.1 Å². The standard InChI is InChI=1S/C10H10F5NO.ClH/c1-17-7-4-2-3-6(5-7)8(16)9(11,12)10(13,14)15;/h2-5,8H,16H2,1H3;1H/t8-;/m1./s1. The van der Waals surface area contributed by atoms with E-state index >= 15 is 0 Å². The molecule has 1 aromatic rings. The summed E-state index contributed by atoms with van der Waals surface area (Å²) in [5.74, 6) is -4.82. The van der Waals surface area contributed by atoms with Crippen molar-refractivity contribution in [2.45, 2.75) is 18.1 Å². The van der Waals surface area contributed by atoms with E-state index in [1.54, 1.807) is 0 Å². The molecule has 104 valence electrons. The van der Waals surface area contributed by atoms with E-state index in [-0.39, 0.29) is 23.7 Å². The summed E-state index contributed by atoms with van der Waals surface area (Å²) in [6.45, 7) is 0. The average molecular weight is 292 g/mol. The van der Waals surface area contributed by atoms with E-state index in [2.05, 4.69) is 0 Å². The molecule has 0 unspecified atom stereocenters. The van der Waals surface area contributed by atoms with Gasteiger partial charge in [0.1, 0.15) is 11.8 Å². The summed E-state index contributed by atoms with van der Waals surface area (Å²) in [6.07, 6.45) is -5.69. The highest BCUT2D eigenvalue weighted by molar-refractivity contribution is 5.85. The third-order valence-corrected chi connectivity index (χ3v) is 2.22. The van der Waals surface area contributed by atoms with Crippen molar-refractivity contribution in [1.82, 2.24) is 0 Å². The number of ether oxygens (including phenoxy) is 1. The molecule has 0 radical (unpaired) electrons. The predicted octanol–water partition coefficient (Wildman–Crippen LogP) is 3.31. The number of methoxy groups -OCH3 is 1. The smallest absolute Gasteiger partial charge is 0.455 e. The molecular formula is C10H11ClF5NO. The van der Waals surface area contributed by atoms with Crippen LogP contribution in [0.2, 0.25) is 0 Å². The number of alkyl halides is 5. The summed E-state index contributed by atoms with van der Waals surface area (Å²) in [5.41, 5.74) is 4.62. The van der Waals surface area contributed by atoms with Crippen molar-refractivity contribution < 1.29 is 26.7 Å². The zero-order valence-electron chi connectivity index (χ0n) is 9.17. The van der Waals surface area contributed by atoms with Gasteiger partial charge >= 0.3 is 12.1 Å². The fourth-order valence-electron chi connectivity index (χ4n) is 1.22. The molecule has 0 saturated heterocycles. The lowest BCUT2D eigenvalue weighted by Gasteiger charge is -2.26. The molecule has 1 rings (SSSR count). The first-order valence-corrected chi connectivity index (χ1v) is 4.54. The van der Waals surface area contributed by atoms with Crippen LogP contribution >= 0.6 is 12.4 Å². The minimum Gasteiger partial charge on any atom is -0.497 e. The predicted molar refractivity (Wildman–Crippen MR) is 58.2 cm³/mol. The van der Waals surface area contributed by atoms with Crippen LogP contribution in [0, 0.1) is 0 Å². The van der Waals surface area contributed by atoms with Crippen LogP contribution in [0.15, 0.2) is 24.3 Å². The van der Waals surface area contributed by atoms with E-state index in [1.807, 2.05) is 0 Å². The second-order valence-corrected chi connectivity index (χ2v) is 3.38. The Bertz CT molecular complexity index is 396. The lowest BCUT2D eigenvalue weighted by atomic mass is 10.0. The monoisotopic (exact) mass is 291 g/mol. The molecule has 0 aliphatic rings. The highest BCUT2D eigenvalue weighted by atomic mass is 35.5. The summed E-state index contributed by atoms with van der Waals surface area (Å²) in [4.78, 5) is 0. The number of hydrogen-bond acceptors (Lipinski definition) is 2. The van der Waals surface area contributed by atoms with Crippen molar-refractivity contribution in [3.8, 4) is 5.75 Å². The third-order valence-electron chi connectivity index (χ3n) is 2.22. The SMILES string of the molecule is COc1cccc([C@@H](N)C(F)(F)C(F)(F)F)c1.Cl. The molecule has 1 aromatic carbocycles. The fourth-order valence-corrected chi connectivity index (χ4v) is 1.22. The summed E-state index contributed by atoms with van der Waals surface area (Å²) in [6, 6.07) is 2.39. The molecule has 0 aliphatic heterocycles. The maximum Gasteiger partial charge on any atom is 0.455 e. The van der Waals surface area contributed by atoms with Crippen LogP contribution < -0.4 is 10.5 Å². The molecule has 8 heteroatoms. The highest BCUT2D eigenvalue weighted by Crippen LogP contribution is 2.43. The second kappa shape index (κ2) is 5.71. The molecule has 0 aliphatic carbocycles. The minimum absolute atomic E-state index is 0. The number of halogens is 6. The molecule has 0 fully saturated rings. The summed E-state index contributed by atoms with van der Waals surface area (Å²) in [7, 11) is 1.27. The Balaban J connectivity index is 0.00000289. The molecule has 0 spiro atoms. The van der Waals surface area contributed by atoms with Gasteiger partial charge in [0.05, 0.1) is 7.11 Å². The molecule has 0 bridgehead atoms. The molecule has 0 amide bonds. The van der Waals surface area contributed by atoms with E-state index in [9.17, 15) is 22.0 Å². The molecule has 2 nitrogen and oxygen atoms in total. The maximum absolute atomic E-state index is 13.0. The van der Waals surface area contributed by atoms with E-state index < -0.39 is 18.1 Å². The zero-order chi connectivity index (χ0) is 13.3. The Kier molecular flexibility index (Phi) is 5.36. The van der Waals surface area contributed by atoms with Crippen molar-refractivity contribution in [3.05, 3.63) is 29.8 Å². The van der Waals surface area contributed by atoms with Crippen LogP contribution in [0.4, 0.5) is 22.0 Å². The number of nitrogens with two attached hydrogens (primary N) is 1. The van der Waals surface area contributed by atoms with E-state index in [0.717, 1.165) is 12.1 Å². The Morgan fingerprint density at radius 2 is 1.72 bits per heavy atom. The first kappa shape index (κ1) is 16.9. The summed E-state index contributed by atoms with van der Waals surface area (Å²) in [5, 5.41) is 0. The molecule has 0 saturated carbocycles. The van der Waals surface area contributed by atoms with Gasteiger partial charge in [-0.25, -0.2) is 0 Å². The van der Waals surface area contributed by atoms with Crippen LogP contribution in [-0.4, -0.2) is 19.2 Å². The van der Waals surface area contributed by atoms with Crippen molar-refractivity contribution in [1.29, 1.82) is 0 Å². The van der Waals surface area contributed by atoms with Crippen molar-refractivity contribution in [3.63, 3.8) is 0 Å². The lowest BCUT2D eigenvalue weighted by molar-refractivity contribution is -0.291. The van der Waals surface area contributed by atoms with Gasteiger partial charge in [0.25, 0.3) is 0 Å². The lowest BCUT2D eigenvalue weighted by Crippen LogP contribution is -2.45. The molecule has 2 N–H and O–H groups in total. The van der Waals surface area contributed by atoms with Crippen molar-refractivity contribution in [2.24, 2.45) is 5.73 Å². The van der Waals surface area contributed by atoms with Gasteiger partial charge in [-0.05, 0) is 17.7 Å². The van der Waals surface area contributed by atoms with Crippen LogP contribution in [0.3, 0.4) is 0 Å². The van der Waals surface area contributed by atoms with Crippen LogP contribution in [0.5, 0.6) is 5.75 Å². The van der Waals surface area contributed by atoms with Crippen LogP contribution in [0.1, 0.15) is 11.6 Å². The Labute approximate surface area is 106 Å². The fraction of sp³-hybridized carbons (Fsp3) is 0.400. The van der Waals surface area contributed by atoms with Crippen molar-refractivity contribution in [2.75, 3.05) is 7.11 Å². The third kappa shape index (κ3) is 3.23. The van der Waals surface area contributed by atoms with Crippen LogP contribution in [0.25, 0.3) is 0 Å². The van der Waals surface area contributed by atoms with Gasteiger partial charge in [0.2, 0.25) is 0 Å². The Hall–Kier alpha value is -1.08. The molecule has 1 atom stereocenters. The highest BCUT2D eigenvalue weighted by Gasteiger charge is 2.61. The van der Waals surface area contributed by atoms with E-state index in [0.29, 0.717) is 0 Å². The van der Waals surface area contributed by atoms with Gasteiger partial charge in [0, 0.05) is 0 Å². The first-order valence-electron chi connectivity index (χ1n) is 4.54. The molecule has 0 heterocycles. The number of benzene rings is 1. The Morgan fingerprint density at radius 3 is 2.17 bits per heavy atom. The number of rotatable bonds is 3. The van der Waals surface area contributed by atoms with Crippen molar-refractivity contribution >= 4 is 12.4 Å². The topological polar surface area (TPSA) is 35.2 Å². The summed E-state index contributed by atoms with van der Waals surface area (Å²) >= 11 is 0. The molecule has 0 aromatic heterocycles. The minimum atomic E-state index is -5.69. The zero-order valence-corrected chi connectivity index (χ0v) is 9.99. The van der Waals surface area contributed by atoms with Gasteiger partial charge in [-0.15, -0.1) is 12.4 Å². The van der Waals surface area contributed by atoms with Gasteiger partial charge in [0.15, 0.2) is 0 Å². The average Bonchev–Trinajstić information content (AvgIpc) is 2.26. The quantitative estimate of drug-likeness (QED) is 0.867. The largest absolute Gasteiger partial charge is 0.497 e. The molecule has 18 heavy (non-hydrogen) atoms. The maximum atomic E-state index is 13.0. The second-order valence-electron chi connectivity index (χ2n) is 3.38. The van der Waals surface area contributed by atoms with Crippen LogP contribution in [-0.2, 0) is 0 Å². The van der Waals surface area contributed by atoms with Gasteiger partial charge in [-0.3, -0.25) is 0 Å². The van der Waals surface area contributed by atoms with E-state index in [4.69, 9.17) is 10.5 Å². The normalized spacial score (nSPS) is 13.7.